The lowest BCUT2D eigenvalue weighted by Crippen LogP contribution is -2.35. The average molecular weight is 187 g/mol. The Morgan fingerprint density at radius 2 is 2.17 bits per heavy atom. The van der Waals surface area contributed by atoms with Crippen LogP contribution in [0.15, 0.2) is 0 Å². The van der Waals surface area contributed by atoms with Crippen LogP contribution in [0.1, 0.15) is 38.5 Å². The number of hydrogen-bond acceptors (Lipinski definition) is 2. The van der Waals surface area contributed by atoms with Crippen LogP contribution in [0.25, 0.3) is 0 Å². The summed E-state index contributed by atoms with van der Waals surface area (Å²) in [5.41, 5.74) is 0. The summed E-state index contributed by atoms with van der Waals surface area (Å²) in [5.74, 6) is 1.05. The van der Waals surface area contributed by atoms with E-state index in [2.05, 4.69) is 24.6 Å². The summed E-state index contributed by atoms with van der Waals surface area (Å²) in [6.45, 7) is 1.31. The van der Waals surface area contributed by atoms with Crippen molar-refractivity contribution in [1.82, 2.24) is 4.90 Å². The summed E-state index contributed by atoms with van der Waals surface area (Å²) in [6, 6.07) is 0.874. The van der Waals surface area contributed by atoms with E-state index in [0.717, 1.165) is 11.8 Å². The van der Waals surface area contributed by atoms with E-state index in [1.165, 1.54) is 45.1 Å². The second-order valence-corrected chi connectivity index (χ2v) is 4.30. The fourth-order valence-corrected chi connectivity index (χ4v) is 2.22. The molecule has 1 saturated heterocycles. The molecule has 0 amide bonds. The third-order valence-electron chi connectivity index (χ3n) is 2.87. The summed E-state index contributed by atoms with van der Waals surface area (Å²) in [4.78, 5) is 2.53. The van der Waals surface area contributed by atoms with Crippen molar-refractivity contribution in [1.29, 1.82) is 0 Å². The van der Waals surface area contributed by atoms with E-state index >= 15 is 0 Å². The van der Waals surface area contributed by atoms with Crippen molar-refractivity contribution in [2.45, 2.75) is 44.6 Å². The number of rotatable bonds is 4. The SMILES string of the molecule is CN1CCCCC1CCCCS. The molecule has 1 heterocycles. The van der Waals surface area contributed by atoms with Crippen LogP contribution in [0.5, 0.6) is 0 Å². The predicted octanol–water partition coefficient (Wildman–Crippen LogP) is 2.57. The van der Waals surface area contributed by atoms with Gasteiger partial charge in [-0.15, -0.1) is 0 Å². The monoisotopic (exact) mass is 187 g/mol. The number of hydrogen-bond donors (Lipinski definition) is 1. The third-order valence-corrected chi connectivity index (χ3v) is 3.18. The number of piperidine rings is 1. The van der Waals surface area contributed by atoms with Crippen LogP contribution in [0.2, 0.25) is 0 Å². The molecular weight excluding hydrogens is 166 g/mol. The fourth-order valence-electron chi connectivity index (χ4n) is 2.00. The van der Waals surface area contributed by atoms with Crippen molar-refractivity contribution in [3.8, 4) is 0 Å². The Labute approximate surface area is 81.9 Å². The number of nitrogens with zero attached hydrogens (tertiary/aromatic N) is 1. The Bertz CT molecular complexity index is 116. The van der Waals surface area contributed by atoms with Gasteiger partial charge in [-0.25, -0.2) is 0 Å². The largest absolute Gasteiger partial charge is 0.303 e. The molecule has 0 aromatic carbocycles. The molecule has 0 saturated carbocycles. The summed E-state index contributed by atoms with van der Waals surface area (Å²) in [6.07, 6.45) is 8.29. The smallest absolute Gasteiger partial charge is 0.00922 e. The van der Waals surface area contributed by atoms with Gasteiger partial charge in [-0.2, -0.15) is 12.6 Å². The Hall–Kier alpha value is 0.310. The van der Waals surface area contributed by atoms with Crippen LogP contribution in [0.3, 0.4) is 0 Å². The minimum atomic E-state index is 0.874. The summed E-state index contributed by atoms with van der Waals surface area (Å²) in [5, 5.41) is 0. The lowest BCUT2D eigenvalue weighted by Gasteiger charge is -2.32. The van der Waals surface area contributed by atoms with Crippen molar-refractivity contribution in [2.75, 3.05) is 19.3 Å². The fraction of sp³-hybridized carbons (Fsp3) is 1.00. The lowest BCUT2D eigenvalue weighted by molar-refractivity contribution is 0.174. The summed E-state index contributed by atoms with van der Waals surface area (Å²) in [7, 11) is 2.27. The van der Waals surface area contributed by atoms with Gasteiger partial charge in [-0.1, -0.05) is 12.8 Å². The maximum Gasteiger partial charge on any atom is 0.00922 e. The van der Waals surface area contributed by atoms with Crippen LogP contribution in [-0.4, -0.2) is 30.3 Å². The van der Waals surface area contributed by atoms with E-state index in [-0.39, 0.29) is 0 Å². The third kappa shape index (κ3) is 3.36. The highest BCUT2D eigenvalue weighted by Gasteiger charge is 2.17. The predicted molar refractivity (Wildman–Crippen MR) is 58.0 cm³/mol. The van der Waals surface area contributed by atoms with E-state index < -0.39 is 0 Å². The maximum absolute atomic E-state index is 4.23. The molecule has 0 radical (unpaired) electrons. The van der Waals surface area contributed by atoms with Gasteiger partial charge in [0, 0.05) is 6.04 Å². The van der Waals surface area contributed by atoms with Gasteiger partial charge in [0.1, 0.15) is 0 Å². The molecule has 0 aliphatic carbocycles. The molecular formula is C10H21NS. The van der Waals surface area contributed by atoms with Crippen LogP contribution >= 0.6 is 12.6 Å². The first-order chi connectivity index (χ1) is 5.84. The van der Waals surface area contributed by atoms with E-state index in [1.807, 2.05) is 0 Å². The van der Waals surface area contributed by atoms with Crippen molar-refractivity contribution < 1.29 is 0 Å². The van der Waals surface area contributed by atoms with Gasteiger partial charge in [0.05, 0.1) is 0 Å². The molecule has 0 N–H and O–H groups in total. The zero-order valence-corrected chi connectivity index (χ0v) is 9.02. The molecule has 72 valence electrons. The minimum Gasteiger partial charge on any atom is -0.303 e. The molecule has 0 spiro atoms. The van der Waals surface area contributed by atoms with Gasteiger partial charge >= 0.3 is 0 Å². The van der Waals surface area contributed by atoms with Gasteiger partial charge in [-0.05, 0) is 45.0 Å². The molecule has 1 unspecified atom stereocenters. The molecule has 1 rings (SSSR count). The van der Waals surface area contributed by atoms with Gasteiger partial charge in [0.25, 0.3) is 0 Å². The number of likely N-dealkylation sites (tertiary alicyclic amines) is 1. The Morgan fingerprint density at radius 3 is 2.83 bits per heavy atom. The zero-order valence-electron chi connectivity index (χ0n) is 8.13. The van der Waals surface area contributed by atoms with Crippen molar-refractivity contribution in [3.05, 3.63) is 0 Å². The second kappa shape index (κ2) is 5.87. The molecule has 12 heavy (non-hydrogen) atoms. The molecule has 1 aliphatic rings. The highest BCUT2D eigenvalue weighted by Crippen LogP contribution is 2.19. The average Bonchev–Trinajstić information content (AvgIpc) is 2.09. The summed E-state index contributed by atoms with van der Waals surface area (Å²) < 4.78 is 0. The normalized spacial score (nSPS) is 26.0. The van der Waals surface area contributed by atoms with Gasteiger partial charge in [0.15, 0.2) is 0 Å². The molecule has 2 heteroatoms. The molecule has 1 nitrogen and oxygen atoms in total. The van der Waals surface area contributed by atoms with Crippen LogP contribution < -0.4 is 0 Å². The lowest BCUT2D eigenvalue weighted by atomic mass is 9.98. The van der Waals surface area contributed by atoms with E-state index in [0.29, 0.717) is 0 Å². The van der Waals surface area contributed by atoms with Gasteiger partial charge in [-0.3, -0.25) is 0 Å². The number of thiol groups is 1. The standard InChI is InChI=1S/C10H21NS/c1-11-8-4-2-6-10(11)7-3-5-9-12/h10,12H,2-9H2,1H3. The molecule has 1 fully saturated rings. The highest BCUT2D eigenvalue weighted by molar-refractivity contribution is 7.80. The van der Waals surface area contributed by atoms with Gasteiger partial charge < -0.3 is 4.90 Å². The maximum atomic E-state index is 4.23. The molecule has 1 atom stereocenters. The summed E-state index contributed by atoms with van der Waals surface area (Å²) >= 11 is 4.23. The molecule has 0 aromatic rings. The minimum absolute atomic E-state index is 0.874. The van der Waals surface area contributed by atoms with Crippen molar-refractivity contribution >= 4 is 12.6 Å². The van der Waals surface area contributed by atoms with E-state index in [1.54, 1.807) is 0 Å². The Morgan fingerprint density at radius 1 is 1.33 bits per heavy atom. The first kappa shape index (κ1) is 10.4. The van der Waals surface area contributed by atoms with Crippen LogP contribution in [-0.2, 0) is 0 Å². The molecule has 0 bridgehead atoms. The molecule has 0 aromatic heterocycles. The first-order valence-corrected chi connectivity index (χ1v) is 5.79. The highest BCUT2D eigenvalue weighted by atomic mass is 32.1. The zero-order chi connectivity index (χ0) is 8.81. The van der Waals surface area contributed by atoms with E-state index in [9.17, 15) is 0 Å². The second-order valence-electron chi connectivity index (χ2n) is 3.85. The topological polar surface area (TPSA) is 3.24 Å². The first-order valence-electron chi connectivity index (χ1n) is 5.15. The van der Waals surface area contributed by atoms with E-state index in [4.69, 9.17) is 0 Å². The van der Waals surface area contributed by atoms with Crippen LogP contribution in [0.4, 0.5) is 0 Å². The number of unbranched alkanes of at least 4 members (excludes halogenated alkanes) is 1. The van der Waals surface area contributed by atoms with Gasteiger partial charge in [0.2, 0.25) is 0 Å². The van der Waals surface area contributed by atoms with Crippen molar-refractivity contribution in [3.63, 3.8) is 0 Å². The van der Waals surface area contributed by atoms with Crippen LogP contribution in [0, 0.1) is 0 Å². The Balaban J connectivity index is 2.11. The molecule has 1 aliphatic heterocycles. The van der Waals surface area contributed by atoms with Crippen molar-refractivity contribution in [2.24, 2.45) is 0 Å². The Kier molecular flexibility index (Phi) is 5.08. The quantitative estimate of drug-likeness (QED) is 0.523.